The number of nitrogens with one attached hydrogen (secondary N) is 1. The van der Waals surface area contributed by atoms with Crippen LogP contribution in [0, 0.1) is 5.82 Å². The molecule has 25 heavy (non-hydrogen) atoms. The zero-order valence-electron chi connectivity index (χ0n) is 13.6. The highest BCUT2D eigenvalue weighted by Crippen LogP contribution is 2.30. The number of halogens is 1. The molecular weight excluding hydrogens is 327 g/mol. The summed E-state index contributed by atoms with van der Waals surface area (Å²) in [7, 11) is 0. The second-order valence-corrected chi connectivity index (χ2v) is 5.89. The number of nitrogens with zero attached hydrogens (tertiary/aromatic N) is 2. The fourth-order valence-electron chi connectivity index (χ4n) is 2.97. The Balaban J connectivity index is 1.70. The van der Waals surface area contributed by atoms with Crippen LogP contribution in [0.5, 0.6) is 5.75 Å². The largest absolute Gasteiger partial charge is 0.481 e. The third kappa shape index (κ3) is 3.78. The Morgan fingerprint density at radius 1 is 1.36 bits per heavy atom. The number of aromatic nitrogens is 2. The van der Waals surface area contributed by atoms with Gasteiger partial charge in [0.25, 0.3) is 11.8 Å². The lowest BCUT2D eigenvalue weighted by Gasteiger charge is -2.35. The smallest absolute Gasteiger partial charge is 0.269 e. The quantitative estimate of drug-likeness (QED) is 0.861. The van der Waals surface area contributed by atoms with Gasteiger partial charge in [-0.2, -0.15) is 5.10 Å². The first-order valence-electron chi connectivity index (χ1n) is 8.08. The SMILES string of the molecule is NC(=O)c1cc([C@H]2CCCCN2C(=O)COc2ccccc2F)[nH]n1. The number of ether oxygens (including phenoxy) is 1. The molecule has 0 aliphatic carbocycles. The van der Waals surface area contributed by atoms with Crippen LogP contribution in [-0.2, 0) is 4.79 Å². The molecule has 1 aromatic carbocycles. The fraction of sp³-hybridized carbons (Fsp3) is 0.353. The summed E-state index contributed by atoms with van der Waals surface area (Å²) in [6.07, 6.45) is 2.57. The third-order valence-corrected chi connectivity index (χ3v) is 4.22. The van der Waals surface area contributed by atoms with Crippen molar-refractivity contribution >= 4 is 11.8 Å². The number of amides is 2. The molecule has 0 bridgehead atoms. The Labute approximate surface area is 144 Å². The van der Waals surface area contributed by atoms with Gasteiger partial charge in [-0.3, -0.25) is 14.7 Å². The lowest BCUT2D eigenvalue weighted by molar-refractivity contribution is -0.137. The molecule has 1 saturated heterocycles. The van der Waals surface area contributed by atoms with E-state index in [2.05, 4.69) is 10.2 Å². The molecule has 1 aromatic heterocycles. The van der Waals surface area contributed by atoms with Gasteiger partial charge in [-0.1, -0.05) is 12.1 Å². The number of aromatic amines is 1. The van der Waals surface area contributed by atoms with Gasteiger partial charge in [0.2, 0.25) is 0 Å². The van der Waals surface area contributed by atoms with E-state index in [-0.39, 0.29) is 30.0 Å². The first-order valence-corrected chi connectivity index (χ1v) is 8.08. The molecule has 8 heteroatoms. The minimum atomic E-state index is -0.626. The maximum Gasteiger partial charge on any atom is 0.269 e. The van der Waals surface area contributed by atoms with Crippen molar-refractivity contribution in [1.29, 1.82) is 0 Å². The van der Waals surface area contributed by atoms with Gasteiger partial charge in [0.05, 0.1) is 11.7 Å². The molecule has 0 saturated carbocycles. The summed E-state index contributed by atoms with van der Waals surface area (Å²) in [5, 5.41) is 6.65. The summed E-state index contributed by atoms with van der Waals surface area (Å²) >= 11 is 0. The highest BCUT2D eigenvalue weighted by atomic mass is 19.1. The van der Waals surface area contributed by atoms with E-state index in [1.165, 1.54) is 12.1 Å². The maximum atomic E-state index is 13.6. The summed E-state index contributed by atoms with van der Waals surface area (Å²) in [6, 6.07) is 7.29. The molecule has 2 aromatic rings. The molecule has 0 unspecified atom stereocenters. The minimum absolute atomic E-state index is 0.0435. The van der Waals surface area contributed by atoms with Crippen molar-refractivity contribution in [1.82, 2.24) is 15.1 Å². The van der Waals surface area contributed by atoms with E-state index in [4.69, 9.17) is 10.5 Å². The van der Waals surface area contributed by atoms with Crippen molar-refractivity contribution in [3.05, 3.63) is 47.5 Å². The number of nitrogens with two attached hydrogens (primary N) is 1. The van der Waals surface area contributed by atoms with Gasteiger partial charge in [-0.15, -0.1) is 0 Å². The molecule has 132 valence electrons. The van der Waals surface area contributed by atoms with Crippen LogP contribution in [0.25, 0.3) is 0 Å². The number of para-hydroxylation sites is 1. The number of rotatable bonds is 5. The van der Waals surface area contributed by atoms with Crippen molar-refractivity contribution in [3.63, 3.8) is 0 Å². The molecule has 1 aliphatic rings. The van der Waals surface area contributed by atoms with Crippen molar-refractivity contribution in [3.8, 4) is 5.75 Å². The van der Waals surface area contributed by atoms with Crippen LogP contribution < -0.4 is 10.5 Å². The van der Waals surface area contributed by atoms with Gasteiger partial charge in [0.1, 0.15) is 5.69 Å². The number of hydrogen-bond donors (Lipinski definition) is 2. The molecule has 1 fully saturated rings. The standard InChI is InChI=1S/C17H19FN4O3/c18-11-5-1-2-7-15(11)25-10-16(23)22-8-4-3-6-14(22)12-9-13(17(19)24)21-20-12/h1-2,5,7,9,14H,3-4,6,8,10H2,(H2,19,24)(H,20,21)/t14-/m1/s1. The Hall–Kier alpha value is -2.90. The second-order valence-electron chi connectivity index (χ2n) is 5.89. The monoisotopic (exact) mass is 346 g/mol. The van der Waals surface area contributed by atoms with E-state index in [1.807, 2.05) is 0 Å². The van der Waals surface area contributed by atoms with Crippen LogP contribution >= 0.6 is 0 Å². The Morgan fingerprint density at radius 3 is 2.88 bits per heavy atom. The molecule has 1 aliphatic heterocycles. The van der Waals surface area contributed by atoms with Crippen LogP contribution in [0.15, 0.2) is 30.3 Å². The van der Waals surface area contributed by atoms with Crippen molar-refractivity contribution in [2.75, 3.05) is 13.2 Å². The van der Waals surface area contributed by atoms with E-state index in [1.54, 1.807) is 23.1 Å². The molecule has 1 atom stereocenters. The third-order valence-electron chi connectivity index (χ3n) is 4.22. The number of primary amides is 1. The van der Waals surface area contributed by atoms with Gasteiger partial charge in [0.15, 0.2) is 18.2 Å². The first-order chi connectivity index (χ1) is 12.1. The Bertz CT molecular complexity index is 777. The molecular formula is C17H19FN4O3. The summed E-state index contributed by atoms with van der Waals surface area (Å²) in [5.74, 6) is -1.34. The van der Waals surface area contributed by atoms with Crippen molar-refractivity contribution in [2.24, 2.45) is 5.73 Å². The predicted octanol–water partition coefficient (Wildman–Crippen LogP) is 1.78. The lowest BCUT2D eigenvalue weighted by Crippen LogP contribution is -2.41. The highest BCUT2D eigenvalue weighted by Gasteiger charge is 2.30. The average Bonchev–Trinajstić information content (AvgIpc) is 3.11. The zero-order valence-corrected chi connectivity index (χ0v) is 13.6. The minimum Gasteiger partial charge on any atom is -0.481 e. The van der Waals surface area contributed by atoms with Crippen LogP contribution in [0.3, 0.4) is 0 Å². The summed E-state index contributed by atoms with van der Waals surface area (Å²) in [6.45, 7) is 0.309. The lowest BCUT2D eigenvalue weighted by atomic mass is 9.99. The predicted molar refractivity (Wildman–Crippen MR) is 87.3 cm³/mol. The number of carbonyl (C=O) groups excluding carboxylic acids is 2. The summed E-state index contributed by atoms with van der Waals surface area (Å²) in [5.41, 5.74) is 6.01. The number of H-pyrrole nitrogens is 1. The van der Waals surface area contributed by atoms with E-state index in [0.717, 1.165) is 19.3 Å². The van der Waals surface area contributed by atoms with E-state index in [9.17, 15) is 14.0 Å². The number of benzene rings is 1. The number of likely N-dealkylation sites (tertiary alicyclic amines) is 1. The molecule has 0 radical (unpaired) electrons. The average molecular weight is 346 g/mol. The zero-order chi connectivity index (χ0) is 17.8. The first kappa shape index (κ1) is 16.9. The normalized spacial score (nSPS) is 17.3. The number of carbonyl (C=O) groups is 2. The van der Waals surface area contributed by atoms with Crippen LogP contribution in [0.4, 0.5) is 4.39 Å². The molecule has 3 rings (SSSR count). The highest BCUT2D eigenvalue weighted by molar-refractivity contribution is 5.90. The molecule has 2 heterocycles. The van der Waals surface area contributed by atoms with Crippen molar-refractivity contribution in [2.45, 2.75) is 25.3 Å². The Morgan fingerprint density at radius 2 is 2.16 bits per heavy atom. The molecule has 2 amide bonds. The van der Waals surface area contributed by atoms with Gasteiger partial charge < -0.3 is 15.4 Å². The fourth-order valence-corrected chi connectivity index (χ4v) is 2.97. The van der Waals surface area contributed by atoms with Crippen LogP contribution in [0.2, 0.25) is 0 Å². The number of hydrogen-bond acceptors (Lipinski definition) is 4. The maximum absolute atomic E-state index is 13.6. The van der Waals surface area contributed by atoms with Crippen molar-refractivity contribution < 1.29 is 18.7 Å². The van der Waals surface area contributed by atoms with E-state index >= 15 is 0 Å². The van der Waals surface area contributed by atoms with Gasteiger partial charge >= 0.3 is 0 Å². The van der Waals surface area contributed by atoms with Crippen LogP contribution in [0.1, 0.15) is 41.5 Å². The Kier molecular flexibility index (Phi) is 4.97. The van der Waals surface area contributed by atoms with Gasteiger partial charge in [-0.25, -0.2) is 4.39 Å². The molecule has 3 N–H and O–H groups in total. The van der Waals surface area contributed by atoms with Gasteiger partial charge in [-0.05, 0) is 37.5 Å². The van der Waals surface area contributed by atoms with Gasteiger partial charge in [0, 0.05) is 6.54 Å². The van der Waals surface area contributed by atoms with E-state index < -0.39 is 11.7 Å². The summed E-state index contributed by atoms with van der Waals surface area (Å²) in [4.78, 5) is 25.4. The number of piperidine rings is 1. The molecule has 7 nitrogen and oxygen atoms in total. The van der Waals surface area contributed by atoms with E-state index in [0.29, 0.717) is 12.2 Å². The van der Waals surface area contributed by atoms with Crippen LogP contribution in [-0.4, -0.2) is 40.1 Å². The summed E-state index contributed by atoms with van der Waals surface area (Å²) < 4.78 is 18.9. The topological polar surface area (TPSA) is 101 Å². The molecule has 0 spiro atoms. The second kappa shape index (κ2) is 7.33.